The molecule has 2 amide bonds. The van der Waals surface area contributed by atoms with Crippen molar-refractivity contribution in [3.05, 3.63) is 39.9 Å². The Morgan fingerprint density at radius 3 is 2.43 bits per heavy atom. The number of nitrogens with zero attached hydrogens (tertiary/aromatic N) is 1. The number of nitro benzene ring substituents is 1. The molecule has 3 unspecified atom stereocenters. The van der Waals surface area contributed by atoms with Gasteiger partial charge in [-0.15, -0.1) is 0 Å². The van der Waals surface area contributed by atoms with Crippen LogP contribution in [0.2, 0.25) is 0 Å². The Morgan fingerprint density at radius 1 is 1.13 bits per heavy atom. The molecule has 0 saturated heterocycles. The molecular formula is C16H19N3O4. The molecule has 2 aliphatic rings. The number of non-ortho nitro benzene ring substituents is 1. The molecule has 0 spiro atoms. The summed E-state index contributed by atoms with van der Waals surface area (Å²) in [6.07, 6.45) is 5.32. The van der Waals surface area contributed by atoms with Gasteiger partial charge in [0.2, 0.25) is 5.91 Å². The van der Waals surface area contributed by atoms with Gasteiger partial charge < -0.3 is 0 Å². The number of hydrazine groups is 1. The summed E-state index contributed by atoms with van der Waals surface area (Å²) in [5, 5.41) is 10.6. The number of hydrogen-bond acceptors (Lipinski definition) is 4. The van der Waals surface area contributed by atoms with Crippen LogP contribution in [0.15, 0.2) is 24.3 Å². The van der Waals surface area contributed by atoms with E-state index in [1.807, 2.05) is 0 Å². The Balaban J connectivity index is 1.46. The monoisotopic (exact) mass is 317 g/mol. The predicted octanol–water partition coefficient (Wildman–Crippen LogP) is 2.18. The van der Waals surface area contributed by atoms with Crippen LogP contribution < -0.4 is 10.9 Å². The summed E-state index contributed by atoms with van der Waals surface area (Å²) in [5.74, 6) is 1.22. The number of nitrogens with one attached hydrogen (secondary N) is 2. The zero-order valence-corrected chi connectivity index (χ0v) is 12.7. The lowest BCUT2D eigenvalue weighted by Crippen LogP contribution is -2.42. The molecule has 0 aliphatic heterocycles. The van der Waals surface area contributed by atoms with Gasteiger partial charge in [0.1, 0.15) is 0 Å². The van der Waals surface area contributed by atoms with Crippen LogP contribution in [-0.4, -0.2) is 16.7 Å². The van der Waals surface area contributed by atoms with Crippen molar-refractivity contribution in [3.8, 4) is 0 Å². The number of nitro groups is 1. The van der Waals surface area contributed by atoms with Gasteiger partial charge in [-0.2, -0.15) is 0 Å². The van der Waals surface area contributed by atoms with Crippen molar-refractivity contribution < 1.29 is 14.5 Å². The first-order valence-electron chi connectivity index (χ1n) is 7.86. The van der Waals surface area contributed by atoms with Crippen LogP contribution >= 0.6 is 0 Å². The lowest BCUT2D eigenvalue weighted by atomic mass is 9.86. The van der Waals surface area contributed by atoms with Gasteiger partial charge in [-0.25, -0.2) is 0 Å². The van der Waals surface area contributed by atoms with E-state index in [0.29, 0.717) is 18.3 Å². The number of benzene rings is 1. The standard InChI is InChI=1S/C16H19N3O4/c20-15(9-13-8-10-1-2-12(13)7-10)17-18-16(21)11-3-5-14(6-4-11)19(22)23/h3-6,10,12-13H,1-2,7-9H2,(H,17,20)(H,18,21). The van der Waals surface area contributed by atoms with Crippen molar-refractivity contribution in [1.82, 2.24) is 10.9 Å². The van der Waals surface area contributed by atoms with Crippen LogP contribution in [-0.2, 0) is 4.79 Å². The number of fused-ring (bicyclic) bond motifs is 2. The Bertz CT molecular complexity index is 629. The van der Waals surface area contributed by atoms with Crippen LogP contribution in [0.3, 0.4) is 0 Å². The number of hydrogen-bond donors (Lipinski definition) is 2. The van der Waals surface area contributed by atoms with Crippen molar-refractivity contribution in [3.63, 3.8) is 0 Å². The van der Waals surface area contributed by atoms with E-state index in [1.165, 1.54) is 43.5 Å². The highest BCUT2D eigenvalue weighted by atomic mass is 16.6. The summed E-state index contributed by atoms with van der Waals surface area (Å²) in [5.41, 5.74) is 4.97. The van der Waals surface area contributed by atoms with E-state index in [-0.39, 0.29) is 17.2 Å². The van der Waals surface area contributed by atoms with Crippen LogP contribution in [0.25, 0.3) is 0 Å². The Labute approximate surface area is 133 Å². The average molecular weight is 317 g/mol. The second-order valence-corrected chi connectivity index (χ2v) is 6.45. The molecule has 3 rings (SSSR count). The molecule has 1 aromatic rings. The third-order valence-corrected chi connectivity index (χ3v) is 4.99. The number of carbonyl (C=O) groups is 2. The highest BCUT2D eigenvalue weighted by molar-refractivity contribution is 5.95. The van der Waals surface area contributed by atoms with Crippen molar-refractivity contribution in [2.45, 2.75) is 32.1 Å². The minimum absolute atomic E-state index is 0.0816. The quantitative estimate of drug-likeness (QED) is 0.656. The molecule has 1 aromatic carbocycles. The van der Waals surface area contributed by atoms with Gasteiger partial charge in [-0.3, -0.25) is 30.6 Å². The summed E-state index contributed by atoms with van der Waals surface area (Å²) in [6, 6.07) is 5.23. The number of carbonyl (C=O) groups excluding carboxylic acids is 2. The molecule has 0 heterocycles. The third-order valence-electron chi connectivity index (χ3n) is 4.99. The van der Waals surface area contributed by atoms with Crippen LogP contribution in [0, 0.1) is 27.9 Å². The summed E-state index contributed by atoms with van der Waals surface area (Å²) in [6.45, 7) is 0. The van der Waals surface area contributed by atoms with Gasteiger partial charge in [-0.05, 0) is 49.1 Å². The normalized spacial score (nSPS) is 25.1. The van der Waals surface area contributed by atoms with E-state index in [9.17, 15) is 19.7 Å². The number of rotatable bonds is 4. The van der Waals surface area contributed by atoms with Crippen LogP contribution in [0.1, 0.15) is 42.5 Å². The second kappa shape index (κ2) is 6.36. The van der Waals surface area contributed by atoms with E-state index >= 15 is 0 Å². The van der Waals surface area contributed by atoms with Crippen LogP contribution in [0.5, 0.6) is 0 Å². The topological polar surface area (TPSA) is 101 Å². The Kier molecular flexibility index (Phi) is 4.27. The first kappa shape index (κ1) is 15.5. The first-order valence-corrected chi connectivity index (χ1v) is 7.86. The minimum Gasteiger partial charge on any atom is -0.273 e. The maximum atomic E-state index is 11.9. The maximum absolute atomic E-state index is 11.9. The highest BCUT2D eigenvalue weighted by Gasteiger charge is 2.40. The molecule has 0 aromatic heterocycles. The predicted molar refractivity (Wildman–Crippen MR) is 82.3 cm³/mol. The minimum atomic E-state index is -0.529. The van der Waals surface area contributed by atoms with Gasteiger partial charge in [0.25, 0.3) is 11.6 Å². The van der Waals surface area contributed by atoms with Gasteiger partial charge in [0.05, 0.1) is 4.92 Å². The molecule has 2 bridgehead atoms. The zero-order valence-electron chi connectivity index (χ0n) is 12.7. The van der Waals surface area contributed by atoms with E-state index in [4.69, 9.17) is 0 Å². The molecular weight excluding hydrogens is 298 g/mol. The van der Waals surface area contributed by atoms with Crippen molar-refractivity contribution in [2.75, 3.05) is 0 Å². The zero-order chi connectivity index (χ0) is 16.4. The molecule has 2 aliphatic carbocycles. The number of amides is 2. The fourth-order valence-corrected chi connectivity index (χ4v) is 3.85. The third kappa shape index (κ3) is 3.49. The van der Waals surface area contributed by atoms with Gasteiger partial charge in [0, 0.05) is 24.1 Å². The van der Waals surface area contributed by atoms with E-state index < -0.39 is 10.8 Å². The molecule has 0 radical (unpaired) electrons. The Morgan fingerprint density at radius 2 is 1.87 bits per heavy atom. The first-order chi connectivity index (χ1) is 11.0. The molecule has 7 nitrogen and oxygen atoms in total. The van der Waals surface area contributed by atoms with E-state index in [0.717, 1.165) is 12.3 Å². The second-order valence-electron chi connectivity index (χ2n) is 6.45. The molecule has 2 N–H and O–H groups in total. The van der Waals surface area contributed by atoms with E-state index in [1.54, 1.807) is 0 Å². The maximum Gasteiger partial charge on any atom is 0.269 e. The van der Waals surface area contributed by atoms with Gasteiger partial charge >= 0.3 is 0 Å². The molecule has 2 saturated carbocycles. The highest BCUT2D eigenvalue weighted by Crippen LogP contribution is 2.49. The summed E-state index contributed by atoms with van der Waals surface area (Å²) >= 11 is 0. The fraction of sp³-hybridized carbons (Fsp3) is 0.500. The lowest BCUT2D eigenvalue weighted by Gasteiger charge is -2.20. The summed E-state index contributed by atoms with van der Waals surface area (Å²) in [4.78, 5) is 33.9. The van der Waals surface area contributed by atoms with Crippen molar-refractivity contribution in [1.29, 1.82) is 0 Å². The van der Waals surface area contributed by atoms with Gasteiger partial charge in [0.15, 0.2) is 0 Å². The van der Waals surface area contributed by atoms with Crippen LogP contribution in [0.4, 0.5) is 5.69 Å². The Hall–Kier alpha value is -2.44. The lowest BCUT2D eigenvalue weighted by molar-refractivity contribution is -0.384. The molecule has 2 fully saturated rings. The SMILES string of the molecule is O=C(CC1CC2CCC1C2)NNC(=O)c1ccc([N+](=O)[O-])cc1. The van der Waals surface area contributed by atoms with Crippen molar-refractivity contribution in [2.24, 2.45) is 17.8 Å². The molecule has 23 heavy (non-hydrogen) atoms. The molecule has 7 heteroatoms. The summed E-state index contributed by atoms with van der Waals surface area (Å²) in [7, 11) is 0. The van der Waals surface area contributed by atoms with Crippen molar-refractivity contribution >= 4 is 17.5 Å². The fourth-order valence-electron chi connectivity index (χ4n) is 3.85. The smallest absolute Gasteiger partial charge is 0.269 e. The van der Waals surface area contributed by atoms with Gasteiger partial charge in [-0.1, -0.05) is 6.42 Å². The molecule has 3 atom stereocenters. The largest absolute Gasteiger partial charge is 0.273 e. The average Bonchev–Trinajstić information content (AvgIpc) is 3.15. The summed E-state index contributed by atoms with van der Waals surface area (Å²) < 4.78 is 0. The molecule has 122 valence electrons. The van der Waals surface area contributed by atoms with E-state index in [2.05, 4.69) is 10.9 Å².